The van der Waals surface area contributed by atoms with Gasteiger partial charge in [0, 0.05) is 19.2 Å². The van der Waals surface area contributed by atoms with Crippen molar-refractivity contribution in [3.8, 4) is 0 Å². The molecule has 1 radical (unpaired) electrons. The van der Waals surface area contributed by atoms with E-state index in [1.165, 1.54) is 7.69 Å². The molecule has 0 saturated carbocycles. The summed E-state index contributed by atoms with van der Waals surface area (Å²) in [4.78, 5) is 0. The molecular weight excluding hydrogens is 129 g/mol. The fourth-order valence-electron chi connectivity index (χ4n) is 0.764. The van der Waals surface area contributed by atoms with Crippen molar-refractivity contribution in [1.82, 2.24) is 5.06 Å². The van der Waals surface area contributed by atoms with Gasteiger partial charge < -0.3 is 9.41 Å². The van der Waals surface area contributed by atoms with Crippen molar-refractivity contribution in [2.24, 2.45) is 0 Å². The third kappa shape index (κ3) is 2.29. The molecule has 3 nitrogen and oxygen atoms in total. The second kappa shape index (κ2) is 2.90. The van der Waals surface area contributed by atoms with Gasteiger partial charge in [-0.15, -0.1) is 0 Å². The van der Waals surface area contributed by atoms with Crippen LogP contribution in [-0.2, 0) is 9.41 Å². The number of nitrogens with zero attached hydrogens (tertiary/aromatic N) is 1. The van der Waals surface area contributed by atoms with Gasteiger partial charge in [-0.3, -0.25) is 0 Å². The van der Waals surface area contributed by atoms with Gasteiger partial charge in [-0.1, -0.05) is 0 Å². The third-order valence-electron chi connectivity index (χ3n) is 1.62. The third-order valence-corrected chi connectivity index (χ3v) is 1.62. The van der Waals surface area contributed by atoms with Crippen LogP contribution >= 0.6 is 0 Å². The molecule has 1 heterocycles. The van der Waals surface area contributed by atoms with E-state index in [1.807, 2.05) is 20.9 Å². The molecule has 1 fully saturated rings. The zero-order valence-corrected chi connectivity index (χ0v) is 6.76. The summed E-state index contributed by atoms with van der Waals surface area (Å²) in [6, 6.07) is 0. The summed E-state index contributed by atoms with van der Waals surface area (Å²) in [5, 5.41) is 1.76. The molecule has 0 N–H and O–H groups in total. The van der Waals surface area contributed by atoms with Crippen molar-refractivity contribution in [3.63, 3.8) is 0 Å². The van der Waals surface area contributed by atoms with Crippen molar-refractivity contribution < 1.29 is 9.41 Å². The van der Waals surface area contributed by atoms with E-state index in [9.17, 15) is 0 Å². The summed E-state index contributed by atoms with van der Waals surface area (Å²) in [7, 11) is 3.29. The van der Waals surface area contributed by atoms with Gasteiger partial charge in [-0.2, -0.15) is 0 Å². The minimum absolute atomic E-state index is 0.0786. The summed E-state index contributed by atoms with van der Waals surface area (Å²) in [6.07, 6.45) is 0.986. The highest BCUT2D eigenvalue weighted by Crippen LogP contribution is 2.16. The van der Waals surface area contributed by atoms with E-state index in [2.05, 4.69) is 0 Å². The van der Waals surface area contributed by atoms with Crippen LogP contribution in [0.4, 0.5) is 0 Å². The summed E-state index contributed by atoms with van der Waals surface area (Å²) in [5.41, 5.74) is -0.0786. The van der Waals surface area contributed by atoms with Crippen LogP contribution in [0.2, 0.25) is 0 Å². The Morgan fingerprint density at radius 1 is 1.50 bits per heavy atom. The van der Waals surface area contributed by atoms with Crippen LogP contribution in [0.3, 0.4) is 0 Å². The molecule has 10 heavy (non-hydrogen) atoms. The summed E-state index contributed by atoms with van der Waals surface area (Å²) >= 11 is 0. The predicted molar refractivity (Wildman–Crippen MR) is 39.3 cm³/mol. The molecule has 0 atom stereocenters. The maximum absolute atomic E-state index is 5.27. The Balaban J connectivity index is 2.41. The lowest BCUT2D eigenvalue weighted by Gasteiger charge is -2.21. The Labute approximate surface area is 62.6 Å². The molecule has 0 aromatic carbocycles. The predicted octanol–water partition coefficient (Wildman–Crippen LogP) is 0.583. The Kier molecular flexibility index (Phi) is 2.34. The SMILES string of the molecule is CN1CCC(C)(C)O[B]O1. The lowest BCUT2D eigenvalue weighted by atomic mass is 10.0. The zero-order chi connectivity index (χ0) is 7.61. The van der Waals surface area contributed by atoms with E-state index in [0.717, 1.165) is 13.0 Å². The van der Waals surface area contributed by atoms with Crippen LogP contribution in [-0.4, -0.2) is 31.9 Å². The van der Waals surface area contributed by atoms with Gasteiger partial charge in [0.1, 0.15) is 0 Å². The fourth-order valence-corrected chi connectivity index (χ4v) is 0.764. The smallest absolute Gasteiger partial charge is 0.407 e. The van der Waals surface area contributed by atoms with Crippen LogP contribution in [0.25, 0.3) is 0 Å². The molecule has 1 saturated heterocycles. The summed E-state index contributed by atoms with van der Waals surface area (Å²) < 4.78 is 10.3. The molecule has 0 unspecified atom stereocenters. The standard InChI is InChI=1S/C6H13BNO2/c1-6(2)4-5-8(3)10-7-9-6/h4-5H2,1-3H3. The van der Waals surface area contributed by atoms with E-state index in [0.29, 0.717) is 0 Å². The van der Waals surface area contributed by atoms with Crippen LogP contribution in [0, 0.1) is 0 Å². The summed E-state index contributed by atoms with van der Waals surface area (Å²) in [6.45, 7) is 5.00. The Morgan fingerprint density at radius 3 is 2.90 bits per heavy atom. The van der Waals surface area contributed by atoms with E-state index >= 15 is 0 Å². The molecule has 0 aromatic rings. The first-order chi connectivity index (χ1) is 4.60. The average molecular weight is 142 g/mol. The molecule has 0 aromatic heterocycles. The van der Waals surface area contributed by atoms with Gasteiger partial charge in [0.2, 0.25) is 0 Å². The first kappa shape index (κ1) is 8.05. The second-order valence-corrected chi connectivity index (χ2v) is 3.18. The highest BCUT2D eigenvalue weighted by molar-refractivity contribution is 6.18. The summed E-state index contributed by atoms with van der Waals surface area (Å²) in [5.74, 6) is 0. The molecule has 1 rings (SSSR count). The molecular formula is C6H13BNO2. The Bertz CT molecular complexity index is 118. The first-order valence-corrected chi connectivity index (χ1v) is 3.48. The highest BCUT2D eigenvalue weighted by Gasteiger charge is 2.23. The largest absolute Gasteiger partial charge is 0.507 e. The van der Waals surface area contributed by atoms with E-state index in [4.69, 9.17) is 9.41 Å². The Hall–Kier alpha value is -0.0551. The number of hydrogen-bond acceptors (Lipinski definition) is 3. The van der Waals surface area contributed by atoms with Crippen molar-refractivity contribution >= 4 is 7.69 Å². The topological polar surface area (TPSA) is 21.7 Å². The lowest BCUT2D eigenvalue weighted by molar-refractivity contribution is -0.0330. The van der Waals surface area contributed by atoms with Gasteiger partial charge in [0.25, 0.3) is 0 Å². The Morgan fingerprint density at radius 2 is 2.20 bits per heavy atom. The van der Waals surface area contributed by atoms with E-state index in [1.54, 1.807) is 5.06 Å². The number of rotatable bonds is 0. The van der Waals surface area contributed by atoms with E-state index < -0.39 is 0 Å². The maximum Gasteiger partial charge on any atom is 0.507 e. The molecule has 0 spiro atoms. The number of hydroxylamine groups is 2. The van der Waals surface area contributed by atoms with Gasteiger partial charge in [0.15, 0.2) is 0 Å². The van der Waals surface area contributed by atoms with Crippen LogP contribution in [0.15, 0.2) is 0 Å². The van der Waals surface area contributed by atoms with Crippen LogP contribution in [0.5, 0.6) is 0 Å². The van der Waals surface area contributed by atoms with E-state index in [-0.39, 0.29) is 5.60 Å². The normalized spacial score (nSPS) is 27.1. The van der Waals surface area contributed by atoms with Gasteiger partial charge >= 0.3 is 7.69 Å². The molecule has 0 amide bonds. The number of hydrogen-bond donors (Lipinski definition) is 0. The van der Waals surface area contributed by atoms with Crippen molar-refractivity contribution in [3.05, 3.63) is 0 Å². The zero-order valence-electron chi connectivity index (χ0n) is 6.76. The lowest BCUT2D eigenvalue weighted by Crippen LogP contribution is -2.25. The maximum atomic E-state index is 5.27. The van der Waals surface area contributed by atoms with Crippen molar-refractivity contribution in [1.29, 1.82) is 0 Å². The molecule has 0 aliphatic carbocycles. The molecule has 1 aliphatic rings. The molecule has 0 bridgehead atoms. The fraction of sp³-hybridized carbons (Fsp3) is 1.00. The second-order valence-electron chi connectivity index (χ2n) is 3.18. The average Bonchev–Trinajstić information content (AvgIpc) is 1.94. The highest BCUT2D eigenvalue weighted by atomic mass is 16.7. The van der Waals surface area contributed by atoms with Gasteiger partial charge in [-0.25, -0.2) is 5.06 Å². The van der Waals surface area contributed by atoms with Crippen LogP contribution in [0.1, 0.15) is 20.3 Å². The quantitative estimate of drug-likeness (QED) is 0.462. The minimum Gasteiger partial charge on any atom is -0.407 e. The van der Waals surface area contributed by atoms with Gasteiger partial charge in [0.05, 0.1) is 0 Å². The van der Waals surface area contributed by atoms with Gasteiger partial charge in [-0.05, 0) is 20.3 Å². The van der Waals surface area contributed by atoms with Crippen molar-refractivity contribution in [2.75, 3.05) is 13.6 Å². The molecule has 57 valence electrons. The minimum atomic E-state index is -0.0786. The van der Waals surface area contributed by atoms with Crippen molar-refractivity contribution in [2.45, 2.75) is 25.9 Å². The first-order valence-electron chi connectivity index (χ1n) is 3.48. The van der Waals surface area contributed by atoms with Crippen LogP contribution < -0.4 is 0 Å². The molecule has 4 heteroatoms. The molecule has 1 aliphatic heterocycles. The monoisotopic (exact) mass is 142 g/mol.